The van der Waals surface area contributed by atoms with Crippen LogP contribution in [0.1, 0.15) is 25.7 Å². The van der Waals surface area contributed by atoms with E-state index >= 15 is 0 Å². The van der Waals surface area contributed by atoms with Crippen molar-refractivity contribution in [3.63, 3.8) is 0 Å². The molecule has 1 aliphatic rings. The van der Waals surface area contributed by atoms with E-state index in [1.54, 1.807) is 16.8 Å². The Balaban J connectivity index is 1.52. The zero-order valence-electron chi connectivity index (χ0n) is 15.3. The van der Waals surface area contributed by atoms with Gasteiger partial charge in [0.25, 0.3) is 5.56 Å². The lowest BCUT2D eigenvalue weighted by molar-refractivity contribution is -0.135. The van der Waals surface area contributed by atoms with Crippen molar-refractivity contribution in [3.8, 4) is 0 Å². The van der Waals surface area contributed by atoms with Gasteiger partial charge in [0.1, 0.15) is 6.54 Å². The molecule has 0 saturated carbocycles. The lowest BCUT2D eigenvalue weighted by atomic mass is 9.99. The molecule has 0 unspecified atom stereocenters. The third kappa shape index (κ3) is 3.79. The lowest BCUT2D eigenvalue weighted by Crippen LogP contribution is -2.46. The number of rotatable bonds is 5. The Morgan fingerprint density at radius 2 is 2.00 bits per heavy atom. The number of hydrogen-bond acceptors (Lipinski definition) is 3. The van der Waals surface area contributed by atoms with Crippen molar-refractivity contribution in [2.75, 3.05) is 6.54 Å². The van der Waals surface area contributed by atoms with Gasteiger partial charge in [-0.1, -0.05) is 18.2 Å². The summed E-state index contributed by atoms with van der Waals surface area (Å²) >= 11 is 0. The van der Waals surface area contributed by atoms with Crippen molar-refractivity contribution < 1.29 is 4.79 Å². The van der Waals surface area contributed by atoms with Gasteiger partial charge >= 0.3 is 0 Å². The summed E-state index contributed by atoms with van der Waals surface area (Å²) in [7, 11) is 0. The first-order chi connectivity index (χ1) is 13.2. The highest BCUT2D eigenvalue weighted by Gasteiger charge is 2.27. The fraction of sp³-hybridized carbons (Fsp3) is 0.381. The monoisotopic (exact) mass is 364 g/mol. The van der Waals surface area contributed by atoms with E-state index in [1.165, 1.54) is 0 Å². The molecule has 1 amide bonds. The lowest BCUT2D eigenvalue weighted by Gasteiger charge is -2.36. The van der Waals surface area contributed by atoms with Crippen molar-refractivity contribution >= 4 is 16.8 Å². The molecule has 1 atom stereocenters. The molecule has 0 bridgehead atoms. The Hall–Kier alpha value is -2.89. The molecule has 1 aliphatic heterocycles. The van der Waals surface area contributed by atoms with Gasteiger partial charge in [-0.3, -0.25) is 18.8 Å². The van der Waals surface area contributed by atoms with Crippen molar-refractivity contribution in [1.29, 1.82) is 0 Å². The molecule has 1 aromatic carbocycles. The summed E-state index contributed by atoms with van der Waals surface area (Å²) in [5.41, 5.74) is 0.676. The maximum atomic E-state index is 13.1. The van der Waals surface area contributed by atoms with Gasteiger partial charge in [-0.2, -0.15) is 5.10 Å². The standard InChI is InChI=1S/C21H24N4O2/c26-20-10-9-17-6-1-2-8-19(17)25(20)16-21(27)24-14-4-3-7-18(24)11-15-23-13-5-12-22-23/h1-2,5-6,8-10,12-13,18H,3-4,7,11,14-16H2/t18-/m1/s1. The van der Waals surface area contributed by atoms with Crippen molar-refractivity contribution in [3.05, 3.63) is 65.2 Å². The Labute approximate surface area is 158 Å². The Morgan fingerprint density at radius 3 is 2.85 bits per heavy atom. The van der Waals surface area contributed by atoms with Crippen LogP contribution in [0.25, 0.3) is 10.9 Å². The van der Waals surface area contributed by atoms with E-state index in [9.17, 15) is 9.59 Å². The molecule has 0 spiro atoms. The molecule has 2 aromatic heterocycles. The SMILES string of the molecule is O=C(Cn1c(=O)ccc2ccccc21)N1CCCC[C@@H]1CCn1cccn1. The van der Waals surface area contributed by atoms with Crippen LogP contribution in [-0.2, 0) is 17.9 Å². The maximum Gasteiger partial charge on any atom is 0.251 e. The van der Waals surface area contributed by atoms with Crippen molar-refractivity contribution in [2.45, 2.75) is 44.8 Å². The topological polar surface area (TPSA) is 60.1 Å². The summed E-state index contributed by atoms with van der Waals surface area (Å²) in [6.07, 6.45) is 7.78. The van der Waals surface area contributed by atoms with Gasteiger partial charge in [-0.25, -0.2) is 0 Å². The summed E-state index contributed by atoms with van der Waals surface area (Å²) in [6.45, 7) is 1.66. The second-order valence-electron chi connectivity index (χ2n) is 7.11. The fourth-order valence-corrected chi connectivity index (χ4v) is 3.98. The molecule has 140 valence electrons. The third-order valence-electron chi connectivity index (χ3n) is 5.39. The van der Waals surface area contributed by atoms with Gasteiger partial charge in [-0.05, 0) is 49.3 Å². The van der Waals surface area contributed by atoms with Gasteiger partial charge in [-0.15, -0.1) is 0 Å². The van der Waals surface area contributed by atoms with E-state index in [0.717, 1.165) is 49.7 Å². The molecule has 6 heteroatoms. The molecule has 0 radical (unpaired) electrons. The number of hydrogen-bond donors (Lipinski definition) is 0. The minimum atomic E-state index is -0.132. The minimum Gasteiger partial charge on any atom is -0.338 e. The summed E-state index contributed by atoms with van der Waals surface area (Å²) in [5.74, 6) is 0.0265. The molecule has 1 fully saturated rings. The first-order valence-electron chi connectivity index (χ1n) is 9.58. The van der Waals surface area contributed by atoms with Crippen LogP contribution < -0.4 is 5.56 Å². The zero-order valence-corrected chi connectivity index (χ0v) is 15.3. The molecular formula is C21H24N4O2. The quantitative estimate of drug-likeness (QED) is 0.699. The number of para-hydroxylation sites is 1. The van der Waals surface area contributed by atoms with E-state index in [-0.39, 0.29) is 24.1 Å². The molecular weight excluding hydrogens is 340 g/mol. The Morgan fingerprint density at radius 1 is 1.11 bits per heavy atom. The number of amides is 1. The van der Waals surface area contributed by atoms with Gasteiger partial charge in [0, 0.05) is 37.6 Å². The summed E-state index contributed by atoms with van der Waals surface area (Å²) < 4.78 is 3.50. The summed E-state index contributed by atoms with van der Waals surface area (Å²) in [4.78, 5) is 27.4. The number of pyridine rings is 1. The van der Waals surface area contributed by atoms with Gasteiger partial charge in [0.05, 0.1) is 5.52 Å². The minimum absolute atomic E-state index is 0.0265. The number of aryl methyl sites for hydroxylation is 1. The van der Waals surface area contributed by atoms with E-state index in [2.05, 4.69) is 5.10 Å². The Bertz CT molecular complexity index is 977. The van der Waals surface area contributed by atoms with Crippen LogP contribution in [0.5, 0.6) is 0 Å². The zero-order chi connectivity index (χ0) is 18.6. The van der Waals surface area contributed by atoms with Crippen LogP contribution in [0.2, 0.25) is 0 Å². The Kier molecular flexibility index (Phi) is 5.05. The second-order valence-corrected chi connectivity index (χ2v) is 7.11. The molecule has 27 heavy (non-hydrogen) atoms. The number of likely N-dealkylation sites (tertiary alicyclic amines) is 1. The normalized spacial score (nSPS) is 17.3. The molecule has 0 aliphatic carbocycles. The molecule has 3 heterocycles. The summed E-state index contributed by atoms with van der Waals surface area (Å²) in [5, 5.41) is 5.22. The van der Waals surface area contributed by atoms with Crippen molar-refractivity contribution in [2.24, 2.45) is 0 Å². The highest BCUT2D eigenvalue weighted by Crippen LogP contribution is 2.21. The predicted molar refractivity (Wildman–Crippen MR) is 104 cm³/mol. The first kappa shape index (κ1) is 17.5. The van der Waals surface area contributed by atoms with E-state index < -0.39 is 0 Å². The average Bonchev–Trinajstić information content (AvgIpc) is 3.22. The third-order valence-corrected chi connectivity index (χ3v) is 5.39. The number of nitrogens with zero attached hydrogens (tertiary/aromatic N) is 4. The van der Waals surface area contributed by atoms with Crippen molar-refractivity contribution in [1.82, 2.24) is 19.2 Å². The average molecular weight is 364 g/mol. The molecule has 4 rings (SSSR count). The number of piperidine rings is 1. The van der Waals surface area contributed by atoms with Crippen LogP contribution in [0.3, 0.4) is 0 Å². The van der Waals surface area contributed by atoms with Gasteiger partial charge < -0.3 is 4.90 Å². The fourth-order valence-electron chi connectivity index (χ4n) is 3.98. The van der Waals surface area contributed by atoms with E-state index in [0.29, 0.717) is 0 Å². The van der Waals surface area contributed by atoms with Crippen LogP contribution in [0, 0.1) is 0 Å². The van der Waals surface area contributed by atoms with Gasteiger partial charge in [0.2, 0.25) is 5.91 Å². The second kappa shape index (κ2) is 7.78. The van der Waals surface area contributed by atoms with Gasteiger partial charge in [0.15, 0.2) is 0 Å². The maximum absolute atomic E-state index is 13.1. The van der Waals surface area contributed by atoms with E-state index in [1.807, 2.05) is 52.2 Å². The van der Waals surface area contributed by atoms with E-state index in [4.69, 9.17) is 0 Å². The molecule has 3 aromatic rings. The smallest absolute Gasteiger partial charge is 0.251 e. The molecule has 6 nitrogen and oxygen atoms in total. The number of benzene rings is 1. The summed E-state index contributed by atoms with van der Waals surface area (Å²) in [6, 6.07) is 13.2. The number of carbonyl (C=O) groups is 1. The molecule has 0 N–H and O–H groups in total. The highest BCUT2D eigenvalue weighted by atomic mass is 16.2. The number of carbonyl (C=O) groups excluding carboxylic acids is 1. The first-order valence-corrected chi connectivity index (χ1v) is 9.58. The number of aromatic nitrogens is 3. The van der Waals surface area contributed by atoms with Crippen LogP contribution in [0.15, 0.2) is 59.7 Å². The highest BCUT2D eigenvalue weighted by molar-refractivity contribution is 5.82. The number of fused-ring (bicyclic) bond motifs is 1. The predicted octanol–water partition coefficient (Wildman–Crippen LogP) is 2.67. The van der Waals surface area contributed by atoms with Crippen LogP contribution >= 0.6 is 0 Å². The van der Waals surface area contributed by atoms with Crippen LogP contribution in [0.4, 0.5) is 0 Å². The largest absolute Gasteiger partial charge is 0.338 e. The molecule has 1 saturated heterocycles. The van der Waals surface area contributed by atoms with Crippen LogP contribution in [-0.4, -0.2) is 37.7 Å².